The molecule has 0 saturated carbocycles. The average Bonchev–Trinajstić information content (AvgIpc) is 2.93. The summed E-state index contributed by atoms with van der Waals surface area (Å²) in [6.45, 7) is 1.54. The Morgan fingerprint density at radius 3 is 2.48 bits per heavy atom. The fourth-order valence-corrected chi connectivity index (χ4v) is 2.83. The van der Waals surface area contributed by atoms with Crippen LogP contribution in [0.2, 0.25) is 0 Å². The van der Waals surface area contributed by atoms with Gasteiger partial charge >= 0.3 is 5.97 Å². The summed E-state index contributed by atoms with van der Waals surface area (Å²) in [7, 11) is 1.25. The number of carbonyl (C=O) groups is 3. The molecule has 1 aromatic carbocycles. The van der Waals surface area contributed by atoms with Crippen molar-refractivity contribution in [1.82, 2.24) is 5.32 Å². The zero-order valence-corrected chi connectivity index (χ0v) is 13.5. The van der Waals surface area contributed by atoms with Crippen molar-refractivity contribution in [2.45, 2.75) is 6.92 Å². The number of anilines is 1. The van der Waals surface area contributed by atoms with Gasteiger partial charge in [0.15, 0.2) is 0 Å². The highest BCUT2D eigenvalue weighted by Gasteiger charge is 2.19. The van der Waals surface area contributed by atoms with Crippen molar-refractivity contribution in [3.8, 4) is 0 Å². The molecule has 23 heavy (non-hydrogen) atoms. The van der Waals surface area contributed by atoms with E-state index in [0.29, 0.717) is 16.1 Å². The molecule has 2 amide bonds. The van der Waals surface area contributed by atoms with Crippen LogP contribution in [0.5, 0.6) is 0 Å². The smallest absolute Gasteiger partial charge is 0.325 e. The molecule has 2 N–H and O–H groups in total. The van der Waals surface area contributed by atoms with Gasteiger partial charge in [-0.05, 0) is 30.0 Å². The fraction of sp³-hybridized carbons (Fsp3) is 0.188. The maximum atomic E-state index is 12.2. The van der Waals surface area contributed by atoms with Gasteiger partial charge in [-0.25, -0.2) is 0 Å². The van der Waals surface area contributed by atoms with E-state index in [4.69, 9.17) is 0 Å². The lowest BCUT2D eigenvalue weighted by molar-refractivity contribution is -0.139. The predicted molar refractivity (Wildman–Crippen MR) is 87.8 cm³/mol. The van der Waals surface area contributed by atoms with Crippen LogP contribution in [0, 0.1) is 6.92 Å². The number of benzene rings is 1. The standard InChI is InChI=1S/C16H16N2O4S/c1-10-9-23-16(13(10)15(21)17-8-12(19)22-2)18-14(20)11-6-4-3-5-7-11/h3-7,9H,8H2,1-2H3,(H,17,21)(H,18,20). The molecule has 2 rings (SSSR count). The molecule has 2 aromatic rings. The molecule has 120 valence electrons. The van der Waals surface area contributed by atoms with E-state index >= 15 is 0 Å². The molecule has 0 aliphatic rings. The summed E-state index contributed by atoms with van der Waals surface area (Å²) in [5.41, 5.74) is 1.57. The van der Waals surface area contributed by atoms with Crippen LogP contribution in [0.15, 0.2) is 35.7 Å². The van der Waals surface area contributed by atoms with Gasteiger partial charge in [-0.15, -0.1) is 11.3 Å². The van der Waals surface area contributed by atoms with Crippen LogP contribution in [0.25, 0.3) is 0 Å². The lowest BCUT2D eigenvalue weighted by atomic mass is 10.1. The quantitative estimate of drug-likeness (QED) is 0.822. The Bertz CT molecular complexity index is 725. The third kappa shape index (κ3) is 4.17. The van der Waals surface area contributed by atoms with Crippen LogP contribution in [-0.2, 0) is 9.53 Å². The maximum absolute atomic E-state index is 12.2. The Hall–Kier alpha value is -2.67. The molecule has 6 nitrogen and oxygen atoms in total. The molecule has 0 bridgehead atoms. The molecule has 0 atom stereocenters. The second kappa shape index (κ2) is 7.55. The number of aryl methyl sites for hydroxylation is 1. The van der Waals surface area contributed by atoms with E-state index < -0.39 is 11.9 Å². The van der Waals surface area contributed by atoms with Crippen LogP contribution in [0.3, 0.4) is 0 Å². The first-order valence-corrected chi connectivity index (χ1v) is 7.70. The third-order valence-electron chi connectivity index (χ3n) is 3.09. The highest BCUT2D eigenvalue weighted by molar-refractivity contribution is 7.15. The molecule has 0 spiro atoms. The highest BCUT2D eigenvalue weighted by atomic mass is 32.1. The molecular weight excluding hydrogens is 316 g/mol. The summed E-state index contributed by atoms with van der Waals surface area (Å²) in [6, 6.07) is 8.72. The van der Waals surface area contributed by atoms with Gasteiger partial charge in [-0.1, -0.05) is 18.2 Å². The van der Waals surface area contributed by atoms with Gasteiger partial charge in [0.2, 0.25) is 0 Å². The molecule has 1 aromatic heterocycles. The lowest BCUT2D eigenvalue weighted by Crippen LogP contribution is -2.31. The second-order valence-electron chi connectivity index (χ2n) is 4.70. The minimum atomic E-state index is -0.541. The van der Waals surface area contributed by atoms with Crippen LogP contribution in [0.1, 0.15) is 26.3 Å². The molecule has 0 saturated heterocycles. The SMILES string of the molecule is COC(=O)CNC(=O)c1c(C)csc1NC(=O)c1ccccc1. The number of hydrogen-bond acceptors (Lipinski definition) is 5. The Balaban J connectivity index is 2.13. The van der Waals surface area contributed by atoms with Gasteiger partial charge in [0.1, 0.15) is 11.5 Å². The van der Waals surface area contributed by atoms with Gasteiger partial charge < -0.3 is 15.4 Å². The summed E-state index contributed by atoms with van der Waals surface area (Å²) in [6.07, 6.45) is 0. The van der Waals surface area contributed by atoms with Crippen LogP contribution < -0.4 is 10.6 Å². The topological polar surface area (TPSA) is 84.5 Å². The van der Waals surface area contributed by atoms with Gasteiger partial charge in [0.05, 0.1) is 12.7 Å². The zero-order valence-electron chi connectivity index (χ0n) is 12.7. The van der Waals surface area contributed by atoms with Gasteiger partial charge in [0.25, 0.3) is 11.8 Å². The Morgan fingerprint density at radius 1 is 1.13 bits per heavy atom. The van der Waals surface area contributed by atoms with E-state index in [2.05, 4.69) is 15.4 Å². The number of thiophene rings is 1. The minimum Gasteiger partial charge on any atom is -0.468 e. The first-order chi connectivity index (χ1) is 11.0. The van der Waals surface area contributed by atoms with Crippen molar-refractivity contribution < 1.29 is 19.1 Å². The summed E-state index contributed by atoms with van der Waals surface area (Å²) >= 11 is 1.26. The number of methoxy groups -OCH3 is 1. The van der Waals surface area contributed by atoms with Crippen molar-refractivity contribution >= 4 is 34.1 Å². The fourth-order valence-electron chi connectivity index (χ4n) is 1.90. The third-order valence-corrected chi connectivity index (χ3v) is 4.10. The molecule has 0 fully saturated rings. The summed E-state index contributed by atoms with van der Waals surface area (Å²) < 4.78 is 4.48. The first kappa shape index (κ1) is 16.7. The Labute approximate surface area is 137 Å². The number of amides is 2. The number of hydrogen-bond donors (Lipinski definition) is 2. The zero-order chi connectivity index (χ0) is 16.8. The van der Waals surface area contributed by atoms with E-state index in [0.717, 1.165) is 5.56 Å². The first-order valence-electron chi connectivity index (χ1n) is 6.82. The van der Waals surface area contributed by atoms with E-state index in [1.807, 2.05) is 6.07 Å². The number of nitrogens with one attached hydrogen (secondary N) is 2. The predicted octanol–water partition coefficient (Wildman–Crippen LogP) is 2.21. The van der Waals surface area contributed by atoms with Crippen molar-refractivity contribution in [2.24, 2.45) is 0 Å². The molecule has 0 unspecified atom stereocenters. The molecular formula is C16H16N2O4S. The van der Waals surface area contributed by atoms with Crippen molar-refractivity contribution in [1.29, 1.82) is 0 Å². The second-order valence-corrected chi connectivity index (χ2v) is 5.58. The summed E-state index contributed by atoms with van der Waals surface area (Å²) in [4.78, 5) is 35.5. The molecule has 7 heteroatoms. The summed E-state index contributed by atoms with van der Waals surface area (Å²) in [5, 5.41) is 7.42. The summed E-state index contributed by atoms with van der Waals surface area (Å²) in [5.74, 6) is -1.27. The van der Waals surface area contributed by atoms with Gasteiger partial charge in [-0.3, -0.25) is 14.4 Å². The molecule has 0 aliphatic carbocycles. The number of carbonyl (C=O) groups excluding carboxylic acids is 3. The van der Waals surface area contributed by atoms with Gasteiger partial charge in [-0.2, -0.15) is 0 Å². The van der Waals surface area contributed by atoms with Crippen molar-refractivity contribution in [2.75, 3.05) is 19.0 Å². The van der Waals surface area contributed by atoms with E-state index in [1.165, 1.54) is 18.4 Å². The van der Waals surface area contributed by atoms with Crippen LogP contribution in [0.4, 0.5) is 5.00 Å². The average molecular weight is 332 g/mol. The number of rotatable bonds is 5. The molecule has 1 heterocycles. The maximum Gasteiger partial charge on any atom is 0.325 e. The lowest BCUT2D eigenvalue weighted by Gasteiger charge is -2.08. The largest absolute Gasteiger partial charge is 0.468 e. The van der Waals surface area contributed by atoms with Crippen molar-refractivity contribution in [3.63, 3.8) is 0 Å². The van der Waals surface area contributed by atoms with E-state index in [-0.39, 0.29) is 12.5 Å². The minimum absolute atomic E-state index is 0.226. The Kier molecular flexibility index (Phi) is 5.48. The number of ether oxygens (including phenoxy) is 1. The highest BCUT2D eigenvalue weighted by Crippen LogP contribution is 2.28. The Morgan fingerprint density at radius 2 is 1.83 bits per heavy atom. The van der Waals surface area contributed by atoms with Crippen LogP contribution in [-0.4, -0.2) is 31.4 Å². The normalized spacial score (nSPS) is 10.0. The monoisotopic (exact) mass is 332 g/mol. The van der Waals surface area contributed by atoms with Crippen molar-refractivity contribution in [3.05, 3.63) is 52.4 Å². The molecule has 0 radical (unpaired) electrons. The van der Waals surface area contributed by atoms with Crippen LogP contribution >= 0.6 is 11.3 Å². The van der Waals surface area contributed by atoms with E-state index in [9.17, 15) is 14.4 Å². The molecule has 0 aliphatic heterocycles. The number of esters is 1. The van der Waals surface area contributed by atoms with Gasteiger partial charge in [0, 0.05) is 5.56 Å². The van der Waals surface area contributed by atoms with E-state index in [1.54, 1.807) is 36.6 Å².